The van der Waals surface area contributed by atoms with Crippen LogP contribution in [-0.4, -0.2) is 28.6 Å². The van der Waals surface area contributed by atoms with Gasteiger partial charge in [-0.05, 0) is 24.8 Å². The Labute approximate surface area is 136 Å². The molecule has 0 saturated heterocycles. The van der Waals surface area contributed by atoms with Gasteiger partial charge in [-0.15, -0.1) is 0 Å². The zero-order chi connectivity index (χ0) is 16.1. The molecule has 0 aliphatic carbocycles. The molecule has 0 aromatic heterocycles. The van der Waals surface area contributed by atoms with E-state index < -0.39 is 8.80 Å². The number of hydrogen-bond acceptors (Lipinski definition) is 3. The minimum Gasteiger partial charge on any atom is -0.373 e. The van der Waals surface area contributed by atoms with Gasteiger partial charge in [0.2, 0.25) is 0 Å². The fraction of sp³-hybridized carbons (Fsp3) is 0.556. The lowest BCUT2D eigenvalue weighted by molar-refractivity contribution is 0.0620. The predicted molar refractivity (Wildman–Crippen MR) is 94.8 cm³/mol. The molecule has 0 fully saturated rings. The van der Waals surface area contributed by atoms with E-state index in [1.165, 1.54) is 5.56 Å². The predicted octanol–water partition coefficient (Wildman–Crippen LogP) is 4.92. The minimum atomic E-state index is -2.60. The maximum atomic E-state index is 6.06. The lowest BCUT2D eigenvalue weighted by atomic mass is 10.2. The summed E-state index contributed by atoms with van der Waals surface area (Å²) in [6.07, 6.45) is 7.16. The Hall–Kier alpha value is -0.943. The van der Waals surface area contributed by atoms with Crippen molar-refractivity contribution in [2.75, 3.05) is 19.8 Å². The van der Waals surface area contributed by atoms with E-state index >= 15 is 0 Å². The smallest absolute Gasteiger partial charge is 0.373 e. The summed E-state index contributed by atoms with van der Waals surface area (Å²) < 4.78 is 18.2. The molecule has 1 aromatic carbocycles. The molecule has 3 nitrogen and oxygen atoms in total. The number of hydrogen-bond donors (Lipinski definition) is 0. The summed E-state index contributed by atoms with van der Waals surface area (Å²) in [4.78, 5) is 0. The van der Waals surface area contributed by atoms with E-state index in [1.54, 1.807) is 0 Å². The van der Waals surface area contributed by atoms with Crippen LogP contribution in [0.3, 0.4) is 0 Å². The fourth-order valence-corrected chi connectivity index (χ4v) is 4.53. The van der Waals surface area contributed by atoms with E-state index in [0.29, 0.717) is 19.8 Å². The zero-order valence-corrected chi connectivity index (χ0v) is 15.2. The minimum absolute atomic E-state index is 0.693. The van der Waals surface area contributed by atoms with Crippen molar-refractivity contribution in [1.29, 1.82) is 0 Å². The molecule has 124 valence electrons. The molecule has 0 amide bonds. The maximum Gasteiger partial charge on any atom is 0.504 e. The van der Waals surface area contributed by atoms with Gasteiger partial charge in [-0.1, -0.05) is 63.3 Å². The first-order valence-corrected chi connectivity index (χ1v) is 10.3. The normalized spacial score (nSPS) is 12.1. The summed E-state index contributed by atoms with van der Waals surface area (Å²) in [7, 11) is -2.60. The molecule has 1 rings (SSSR count). The largest absolute Gasteiger partial charge is 0.504 e. The molecule has 4 heteroatoms. The van der Waals surface area contributed by atoms with E-state index in [-0.39, 0.29) is 0 Å². The van der Waals surface area contributed by atoms with Crippen LogP contribution < -0.4 is 0 Å². The molecule has 0 N–H and O–H groups in total. The van der Waals surface area contributed by atoms with E-state index in [0.717, 1.165) is 25.3 Å². The lowest BCUT2D eigenvalue weighted by Gasteiger charge is -2.28. The van der Waals surface area contributed by atoms with Gasteiger partial charge in [-0.2, -0.15) is 0 Å². The van der Waals surface area contributed by atoms with Crippen molar-refractivity contribution in [2.24, 2.45) is 0 Å². The van der Waals surface area contributed by atoms with Crippen LogP contribution in [0, 0.1) is 0 Å². The topological polar surface area (TPSA) is 27.7 Å². The van der Waals surface area contributed by atoms with Gasteiger partial charge in [0, 0.05) is 25.9 Å². The third-order valence-corrected chi connectivity index (χ3v) is 5.72. The van der Waals surface area contributed by atoms with Crippen molar-refractivity contribution < 1.29 is 13.3 Å². The molecule has 0 unspecified atom stereocenters. The quantitative estimate of drug-likeness (QED) is 0.511. The molecule has 22 heavy (non-hydrogen) atoms. The fourth-order valence-electron chi connectivity index (χ4n) is 1.98. The molecular weight excluding hydrogens is 292 g/mol. The number of rotatable bonds is 12. The van der Waals surface area contributed by atoms with Crippen LogP contribution in [0.5, 0.6) is 0 Å². The van der Waals surface area contributed by atoms with Crippen LogP contribution in [0.2, 0.25) is 6.04 Å². The molecule has 0 atom stereocenters. The second-order valence-corrected chi connectivity index (χ2v) is 7.89. The number of benzene rings is 1. The van der Waals surface area contributed by atoms with Gasteiger partial charge in [-0.3, -0.25) is 0 Å². The Morgan fingerprint density at radius 3 is 1.77 bits per heavy atom. The van der Waals surface area contributed by atoms with Crippen LogP contribution in [0.1, 0.15) is 45.6 Å². The molecule has 0 aliphatic heterocycles. The van der Waals surface area contributed by atoms with Gasteiger partial charge in [0.1, 0.15) is 0 Å². The summed E-state index contributed by atoms with van der Waals surface area (Å²) >= 11 is 0. The average molecular weight is 323 g/mol. The highest BCUT2D eigenvalue weighted by Crippen LogP contribution is 2.19. The van der Waals surface area contributed by atoms with Crippen LogP contribution in [0.25, 0.3) is 6.08 Å². The summed E-state index contributed by atoms with van der Waals surface area (Å²) in [5.74, 6) is 0. The summed E-state index contributed by atoms with van der Waals surface area (Å²) in [6.45, 7) is 8.41. The van der Waals surface area contributed by atoms with Crippen molar-refractivity contribution in [3.8, 4) is 0 Å². The number of allylic oxidation sites excluding steroid dienone is 1. The van der Waals surface area contributed by atoms with Crippen LogP contribution in [-0.2, 0) is 13.3 Å². The van der Waals surface area contributed by atoms with Gasteiger partial charge >= 0.3 is 8.80 Å². The zero-order valence-electron chi connectivity index (χ0n) is 14.2. The summed E-state index contributed by atoms with van der Waals surface area (Å²) in [5, 5.41) is 0. The highest BCUT2D eigenvalue weighted by molar-refractivity contribution is 6.61. The van der Waals surface area contributed by atoms with Crippen molar-refractivity contribution in [3.05, 3.63) is 42.0 Å². The van der Waals surface area contributed by atoms with Gasteiger partial charge < -0.3 is 13.3 Å². The first-order chi connectivity index (χ1) is 10.8. The molecule has 0 heterocycles. The third-order valence-electron chi connectivity index (χ3n) is 3.06. The van der Waals surface area contributed by atoms with Crippen LogP contribution in [0.4, 0.5) is 0 Å². The Kier molecular flexibility index (Phi) is 10.1. The molecule has 0 radical (unpaired) electrons. The van der Waals surface area contributed by atoms with Gasteiger partial charge in [0.25, 0.3) is 0 Å². The van der Waals surface area contributed by atoms with E-state index in [2.05, 4.69) is 45.1 Å². The Morgan fingerprint density at radius 1 is 0.818 bits per heavy atom. The van der Waals surface area contributed by atoms with Crippen molar-refractivity contribution >= 4 is 14.9 Å². The van der Waals surface area contributed by atoms with Crippen LogP contribution >= 0.6 is 0 Å². The lowest BCUT2D eigenvalue weighted by Crippen LogP contribution is -2.46. The highest BCUT2D eigenvalue weighted by atomic mass is 28.4. The summed E-state index contributed by atoms with van der Waals surface area (Å²) in [5.41, 5.74) is 1.19. The maximum absolute atomic E-state index is 6.06. The first-order valence-electron chi connectivity index (χ1n) is 8.39. The van der Waals surface area contributed by atoms with Gasteiger partial charge in [0.15, 0.2) is 0 Å². The monoisotopic (exact) mass is 322 g/mol. The highest BCUT2D eigenvalue weighted by Gasteiger charge is 2.39. The van der Waals surface area contributed by atoms with E-state index in [9.17, 15) is 0 Å². The van der Waals surface area contributed by atoms with Gasteiger partial charge in [0.05, 0.1) is 0 Å². The Morgan fingerprint density at radius 2 is 1.32 bits per heavy atom. The second kappa shape index (κ2) is 11.6. The molecule has 0 saturated carbocycles. The SMILES string of the molecule is CCCO[Si](C/C=C/c1ccccc1)(OCCC)OCCC. The molecule has 0 bridgehead atoms. The van der Waals surface area contributed by atoms with E-state index in [4.69, 9.17) is 13.3 Å². The van der Waals surface area contributed by atoms with Gasteiger partial charge in [-0.25, -0.2) is 0 Å². The molecule has 0 aliphatic rings. The standard InChI is InChI=1S/C18H30O3Si/c1-4-14-19-22(20-15-5-2,21-16-6-3)17-10-13-18-11-8-7-9-12-18/h7-13H,4-6,14-17H2,1-3H3/b13-10+. The molecule has 0 spiro atoms. The third kappa shape index (κ3) is 7.36. The molecular formula is C18H30O3Si. The van der Waals surface area contributed by atoms with Crippen molar-refractivity contribution in [1.82, 2.24) is 0 Å². The average Bonchev–Trinajstić information content (AvgIpc) is 2.57. The second-order valence-electron chi connectivity index (χ2n) is 5.25. The molecule has 1 aromatic rings. The van der Waals surface area contributed by atoms with Crippen molar-refractivity contribution in [2.45, 2.75) is 46.1 Å². The van der Waals surface area contributed by atoms with Crippen molar-refractivity contribution in [3.63, 3.8) is 0 Å². The van der Waals surface area contributed by atoms with Crippen LogP contribution in [0.15, 0.2) is 36.4 Å². The summed E-state index contributed by atoms with van der Waals surface area (Å²) in [6, 6.07) is 11.0. The van der Waals surface area contributed by atoms with E-state index in [1.807, 2.05) is 18.2 Å². The first kappa shape index (κ1) is 19.1. The Balaban J connectivity index is 2.73. The Bertz CT molecular complexity index is 384.